The van der Waals surface area contributed by atoms with Gasteiger partial charge in [-0.3, -0.25) is 0 Å². The molecular weight excluding hydrogens is 236 g/mol. The van der Waals surface area contributed by atoms with Crippen molar-refractivity contribution in [2.24, 2.45) is 5.92 Å². The molecule has 4 nitrogen and oxygen atoms in total. The van der Waals surface area contributed by atoms with Crippen molar-refractivity contribution in [1.29, 1.82) is 0 Å². The third-order valence-electron chi connectivity index (χ3n) is 3.38. The largest absolute Gasteiger partial charge is 0.315 e. The van der Waals surface area contributed by atoms with Crippen molar-refractivity contribution < 1.29 is 8.42 Å². The van der Waals surface area contributed by atoms with E-state index in [4.69, 9.17) is 0 Å². The molecule has 0 atom stereocenters. The van der Waals surface area contributed by atoms with Gasteiger partial charge in [-0.2, -0.15) is 0 Å². The Bertz CT molecular complexity index is 306. The van der Waals surface area contributed by atoms with Crippen LogP contribution in [0.1, 0.15) is 39.5 Å². The standard InChI is InChI=1S/C12H26N2O2S/c1-11(2)13-8-4-5-12-6-9-14(10-7-12)17(3,15)16/h11-13H,4-10H2,1-3H3. The van der Waals surface area contributed by atoms with Gasteiger partial charge in [-0.05, 0) is 38.1 Å². The Hall–Kier alpha value is -0.130. The SMILES string of the molecule is CC(C)NCCCC1CCN(S(C)(=O)=O)CC1. The van der Waals surface area contributed by atoms with Gasteiger partial charge in [0, 0.05) is 19.1 Å². The summed E-state index contributed by atoms with van der Waals surface area (Å²) in [7, 11) is -2.96. The predicted molar refractivity (Wildman–Crippen MR) is 71.5 cm³/mol. The van der Waals surface area contributed by atoms with E-state index in [0.717, 1.165) is 19.4 Å². The molecule has 0 aromatic heterocycles. The zero-order valence-corrected chi connectivity index (χ0v) is 12.1. The second kappa shape index (κ2) is 6.71. The zero-order valence-electron chi connectivity index (χ0n) is 11.3. The molecule has 1 aliphatic rings. The molecule has 0 saturated carbocycles. The molecule has 1 aliphatic heterocycles. The van der Waals surface area contributed by atoms with Crippen LogP contribution in [-0.4, -0.2) is 44.7 Å². The van der Waals surface area contributed by atoms with Crippen LogP contribution in [0.4, 0.5) is 0 Å². The average Bonchev–Trinajstić information content (AvgIpc) is 2.23. The van der Waals surface area contributed by atoms with Gasteiger partial charge in [-0.15, -0.1) is 0 Å². The fourth-order valence-corrected chi connectivity index (χ4v) is 3.19. The Kier molecular flexibility index (Phi) is 5.89. The van der Waals surface area contributed by atoms with Crippen LogP contribution in [0.15, 0.2) is 0 Å². The van der Waals surface area contributed by atoms with Crippen LogP contribution in [0.25, 0.3) is 0 Å². The van der Waals surface area contributed by atoms with Crippen LogP contribution in [0.5, 0.6) is 0 Å². The number of piperidine rings is 1. The van der Waals surface area contributed by atoms with E-state index in [2.05, 4.69) is 19.2 Å². The number of nitrogens with zero attached hydrogens (tertiary/aromatic N) is 1. The zero-order chi connectivity index (χ0) is 12.9. The number of rotatable bonds is 6. The normalized spacial score (nSPS) is 20.0. The first-order valence-electron chi connectivity index (χ1n) is 6.58. The molecule has 0 aromatic carbocycles. The number of hydrogen-bond donors (Lipinski definition) is 1. The smallest absolute Gasteiger partial charge is 0.211 e. The van der Waals surface area contributed by atoms with Crippen LogP contribution >= 0.6 is 0 Å². The molecule has 0 unspecified atom stereocenters. The summed E-state index contributed by atoms with van der Waals surface area (Å²) in [5.41, 5.74) is 0. The van der Waals surface area contributed by atoms with E-state index in [0.29, 0.717) is 25.0 Å². The highest BCUT2D eigenvalue weighted by Crippen LogP contribution is 2.22. The molecule has 0 radical (unpaired) electrons. The Labute approximate surface area is 106 Å². The second-order valence-electron chi connectivity index (χ2n) is 5.36. The van der Waals surface area contributed by atoms with Gasteiger partial charge in [0.15, 0.2) is 0 Å². The molecule has 0 spiro atoms. The third kappa shape index (κ3) is 5.84. The van der Waals surface area contributed by atoms with Gasteiger partial charge in [0.1, 0.15) is 0 Å². The summed E-state index contributed by atoms with van der Waals surface area (Å²) in [6, 6.07) is 0.557. The molecule has 0 bridgehead atoms. The molecular formula is C12H26N2O2S. The first-order valence-corrected chi connectivity index (χ1v) is 8.43. The molecule has 1 rings (SSSR count). The highest BCUT2D eigenvalue weighted by Gasteiger charge is 2.24. The molecule has 1 N–H and O–H groups in total. The molecule has 0 amide bonds. The molecule has 0 aliphatic carbocycles. The van der Waals surface area contributed by atoms with E-state index in [1.807, 2.05) is 0 Å². The fraction of sp³-hybridized carbons (Fsp3) is 1.00. The minimum atomic E-state index is -2.96. The van der Waals surface area contributed by atoms with Crippen molar-refractivity contribution in [1.82, 2.24) is 9.62 Å². The van der Waals surface area contributed by atoms with Crippen LogP contribution in [0, 0.1) is 5.92 Å². The van der Waals surface area contributed by atoms with Crippen LogP contribution < -0.4 is 5.32 Å². The summed E-state index contributed by atoms with van der Waals surface area (Å²) in [4.78, 5) is 0. The van der Waals surface area contributed by atoms with E-state index in [9.17, 15) is 8.42 Å². The highest BCUT2D eigenvalue weighted by molar-refractivity contribution is 7.88. The van der Waals surface area contributed by atoms with Crippen LogP contribution in [0.3, 0.4) is 0 Å². The Morgan fingerprint density at radius 3 is 2.35 bits per heavy atom. The lowest BCUT2D eigenvalue weighted by Crippen LogP contribution is -2.37. The van der Waals surface area contributed by atoms with Crippen molar-refractivity contribution in [2.75, 3.05) is 25.9 Å². The van der Waals surface area contributed by atoms with Crippen molar-refractivity contribution in [3.63, 3.8) is 0 Å². The highest BCUT2D eigenvalue weighted by atomic mass is 32.2. The summed E-state index contributed by atoms with van der Waals surface area (Å²) in [5.74, 6) is 0.710. The molecule has 1 fully saturated rings. The molecule has 0 aromatic rings. The first-order chi connectivity index (χ1) is 7.89. The van der Waals surface area contributed by atoms with Gasteiger partial charge in [0.25, 0.3) is 0 Å². The topological polar surface area (TPSA) is 49.4 Å². The fourth-order valence-electron chi connectivity index (χ4n) is 2.31. The minimum absolute atomic E-state index is 0.557. The Morgan fingerprint density at radius 1 is 1.29 bits per heavy atom. The lowest BCUT2D eigenvalue weighted by Gasteiger charge is -2.30. The van der Waals surface area contributed by atoms with Crippen molar-refractivity contribution >= 4 is 10.0 Å². The molecule has 5 heteroatoms. The lowest BCUT2D eigenvalue weighted by atomic mass is 9.93. The van der Waals surface area contributed by atoms with Gasteiger partial charge in [0.05, 0.1) is 6.26 Å². The van der Waals surface area contributed by atoms with E-state index in [-0.39, 0.29) is 0 Å². The predicted octanol–water partition coefficient (Wildman–Crippen LogP) is 1.44. The van der Waals surface area contributed by atoms with Gasteiger partial charge < -0.3 is 5.32 Å². The van der Waals surface area contributed by atoms with Gasteiger partial charge >= 0.3 is 0 Å². The van der Waals surface area contributed by atoms with Crippen molar-refractivity contribution in [3.05, 3.63) is 0 Å². The number of nitrogens with one attached hydrogen (secondary N) is 1. The van der Waals surface area contributed by atoms with Crippen molar-refractivity contribution in [3.8, 4) is 0 Å². The van der Waals surface area contributed by atoms with E-state index in [1.54, 1.807) is 4.31 Å². The second-order valence-corrected chi connectivity index (χ2v) is 7.34. The number of hydrogen-bond acceptors (Lipinski definition) is 3. The van der Waals surface area contributed by atoms with Crippen LogP contribution in [-0.2, 0) is 10.0 Å². The van der Waals surface area contributed by atoms with Crippen LogP contribution in [0.2, 0.25) is 0 Å². The summed E-state index contributed by atoms with van der Waals surface area (Å²) in [6.07, 6.45) is 5.77. The molecule has 17 heavy (non-hydrogen) atoms. The van der Waals surface area contributed by atoms with Gasteiger partial charge in [-0.25, -0.2) is 12.7 Å². The molecule has 1 heterocycles. The summed E-state index contributed by atoms with van der Waals surface area (Å²) < 4.78 is 24.3. The monoisotopic (exact) mass is 262 g/mol. The Balaban J connectivity index is 2.15. The Morgan fingerprint density at radius 2 is 1.88 bits per heavy atom. The lowest BCUT2D eigenvalue weighted by molar-refractivity contribution is 0.260. The van der Waals surface area contributed by atoms with Gasteiger partial charge in [0.2, 0.25) is 10.0 Å². The maximum atomic E-state index is 11.3. The molecule has 102 valence electrons. The minimum Gasteiger partial charge on any atom is -0.315 e. The average molecular weight is 262 g/mol. The summed E-state index contributed by atoms with van der Waals surface area (Å²) >= 11 is 0. The first kappa shape index (κ1) is 14.9. The number of sulfonamides is 1. The maximum absolute atomic E-state index is 11.3. The summed E-state index contributed by atoms with van der Waals surface area (Å²) in [5, 5.41) is 3.41. The summed E-state index contributed by atoms with van der Waals surface area (Å²) in [6.45, 7) is 6.81. The van der Waals surface area contributed by atoms with E-state index < -0.39 is 10.0 Å². The van der Waals surface area contributed by atoms with Crippen molar-refractivity contribution in [2.45, 2.75) is 45.6 Å². The molecule has 1 saturated heterocycles. The third-order valence-corrected chi connectivity index (χ3v) is 4.69. The van der Waals surface area contributed by atoms with E-state index in [1.165, 1.54) is 19.1 Å². The van der Waals surface area contributed by atoms with Gasteiger partial charge in [-0.1, -0.05) is 13.8 Å². The quantitative estimate of drug-likeness (QED) is 0.737. The van der Waals surface area contributed by atoms with E-state index >= 15 is 0 Å². The maximum Gasteiger partial charge on any atom is 0.211 e.